The van der Waals surface area contributed by atoms with E-state index in [0.717, 1.165) is 21.9 Å². The number of hydrogen-bond acceptors (Lipinski definition) is 1. The molecule has 2 aromatic carbocycles. The molecule has 0 bridgehead atoms. The topological polar surface area (TPSA) is 17.1 Å². The molecule has 0 aliphatic heterocycles. The lowest BCUT2D eigenvalue weighted by molar-refractivity contribution is 0.103. The van der Waals surface area contributed by atoms with E-state index in [1.54, 1.807) is 6.92 Å². The van der Waals surface area contributed by atoms with Crippen molar-refractivity contribution in [1.82, 2.24) is 0 Å². The van der Waals surface area contributed by atoms with Crippen molar-refractivity contribution < 1.29 is 4.79 Å². The molecule has 0 heterocycles. The van der Waals surface area contributed by atoms with Crippen LogP contribution in [0.5, 0.6) is 0 Å². The molecule has 0 radical (unpaired) electrons. The van der Waals surface area contributed by atoms with E-state index in [2.05, 4.69) is 0 Å². The Morgan fingerprint density at radius 2 is 1.81 bits per heavy atom. The monoisotopic (exact) mass is 228 g/mol. The van der Waals surface area contributed by atoms with Crippen LogP contribution in [-0.4, -0.2) is 5.78 Å². The van der Waals surface area contributed by atoms with E-state index in [1.165, 1.54) is 0 Å². The molecule has 0 aromatic heterocycles. The predicted molar refractivity (Wildman–Crippen MR) is 66.7 cm³/mol. The van der Waals surface area contributed by atoms with Crippen molar-refractivity contribution in [1.29, 1.82) is 0 Å². The first-order chi connectivity index (χ1) is 7.70. The molecular formula is C14H9ClO. The molecule has 0 spiro atoms. The summed E-state index contributed by atoms with van der Waals surface area (Å²) in [7, 11) is 0. The SMILES string of the molecule is CC1=C(Cl)c2c(ccc3ccccc23)C1=O. The summed E-state index contributed by atoms with van der Waals surface area (Å²) in [5.74, 6) is 0.0470. The van der Waals surface area contributed by atoms with Gasteiger partial charge in [0.05, 0.1) is 5.03 Å². The number of hydrogen-bond donors (Lipinski definition) is 0. The fourth-order valence-electron chi connectivity index (χ4n) is 2.19. The van der Waals surface area contributed by atoms with Gasteiger partial charge in [-0.25, -0.2) is 0 Å². The lowest BCUT2D eigenvalue weighted by Crippen LogP contribution is -1.95. The Hall–Kier alpha value is -1.60. The summed E-state index contributed by atoms with van der Waals surface area (Å²) >= 11 is 6.23. The van der Waals surface area contributed by atoms with Crippen molar-refractivity contribution in [3.8, 4) is 0 Å². The maximum atomic E-state index is 11.9. The van der Waals surface area contributed by atoms with Gasteiger partial charge in [-0.3, -0.25) is 4.79 Å². The summed E-state index contributed by atoms with van der Waals surface area (Å²) in [6.45, 7) is 1.78. The third-order valence-electron chi connectivity index (χ3n) is 3.06. The summed E-state index contributed by atoms with van der Waals surface area (Å²) in [5.41, 5.74) is 2.26. The lowest BCUT2D eigenvalue weighted by atomic mass is 10.0. The van der Waals surface area contributed by atoms with Crippen LogP contribution >= 0.6 is 11.6 Å². The molecule has 0 saturated carbocycles. The van der Waals surface area contributed by atoms with Crippen LogP contribution in [0.25, 0.3) is 15.8 Å². The van der Waals surface area contributed by atoms with E-state index in [-0.39, 0.29) is 5.78 Å². The highest BCUT2D eigenvalue weighted by Crippen LogP contribution is 2.39. The van der Waals surface area contributed by atoms with E-state index < -0.39 is 0 Å². The molecule has 1 nitrogen and oxygen atoms in total. The zero-order chi connectivity index (χ0) is 11.3. The zero-order valence-electron chi connectivity index (χ0n) is 8.75. The number of benzene rings is 2. The Labute approximate surface area is 98.3 Å². The number of carbonyl (C=O) groups is 1. The first-order valence-electron chi connectivity index (χ1n) is 5.13. The van der Waals surface area contributed by atoms with Gasteiger partial charge < -0.3 is 0 Å². The minimum absolute atomic E-state index is 0.0470. The molecule has 0 fully saturated rings. The summed E-state index contributed by atoms with van der Waals surface area (Å²) in [4.78, 5) is 11.9. The van der Waals surface area contributed by atoms with Crippen LogP contribution in [-0.2, 0) is 0 Å². The van der Waals surface area contributed by atoms with Crippen molar-refractivity contribution in [2.24, 2.45) is 0 Å². The molecule has 0 N–H and O–H groups in total. The molecule has 2 aromatic rings. The summed E-state index contributed by atoms with van der Waals surface area (Å²) in [6.07, 6.45) is 0. The number of rotatable bonds is 0. The van der Waals surface area contributed by atoms with Crippen molar-refractivity contribution in [3.05, 3.63) is 53.1 Å². The number of carbonyl (C=O) groups excluding carboxylic acids is 1. The average Bonchev–Trinajstić information content (AvgIpc) is 2.55. The van der Waals surface area contributed by atoms with Crippen molar-refractivity contribution >= 4 is 33.2 Å². The van der Waals surface area contributed by atoms with Gasteiger partial charge in [0.2, 0.25) is 0 Å². The number of Topliss-reactive ketones (excluding diaryl/α,β-unsaturated/α-hetero) is 1. The fourth-order valence-corrected chi connectivity index (χ4v) is 2.48. The number of allylic oxidation sites excluding steroid dienone is 1. The highest BCUT2D eigenvalue weighted by Gasteiger charge is 2.26. The second-order valence-electron chi connectivity index (χ2n) is 3.98. The predicted octanol–water partition coefficient (Wildman–Crippen LogP) is 4.01. The van der Waals surface area contributed by atoms with Crippen LogP contribution in [0.1, 0.15) is 22.8 Å². The molecule has 1 aliphatic rings. The Kier molecular flexibility index (Phi) is 1.92. The van der Waals surface area contributed by atoms with Crippen LogP contribution in [0, 0.1) is 0 Å². The van der Waals surface area contributed by atoms with Crippen LogP contribution in [0.4, 0.5) is 0 Å². The molecule has 3 rings (SSSR count). The normalized spacial score (nSPS) is 14.8. The fraction of sp³-hybridized carbons (Fsp3) is 0.0714. The Morgan fingerprint density at radius 3 is 2.62 bits per heavy atom. The summed E-state index contributed by atoms with van der Waals surface area (Å²) in [6, 6.07) is 11.8. The van der Waals surface area contributed by atoms with Gasteiger partial charge in [-0.1, -0.05) is 41.9 Å². The average molecular weight is 229 g/mol. The Bertz CT molecular complexity index is 653. The standard InChI is InChI=1S/C14H9ClO/c1-8-13(15)12-10-5-3-2-4-9(10)6-7-11(12)14(8)16/h2-7H,1H3. The highest BCUT2D eigenvalue weighted by molar-refractivity contribution is 6.55. The van der Waals surface area contributed by atoms with Gasteiger partial charge in [-0.15, -0.1) is 0 Å². The van der Waals surface area contributed by atoms with E-state index >= 15 is 0 Å². The first kappa shape index (κ1) is 9.61. The van der Waals surface area contributed by atoms with Crippen LogP contribution in [0.2, 0.25) is 0 Å². The molecule has 1 aliphatic carbocycles. The minimum Gasteiger partial charge on any atom is -0.289 e. The first-order valence-corrected chi connectivity index (χ1v) is 5.51. The lowest BCUT2D eigenvalue weighted by Gasteiger charge is -2.04. The molecule has 0 unspecified atom stereocenters. The van der Waals surface area contributed by atoms with Gasteiger partial charge >= 0.3 is 0 Å². The maximum Gasteiger partial charge on any atom is 0.190 e. The Balaban J connectivity index is 2.50. The molecule has 0 atom stereocenters. The van der Waals surface area contributed by atoms with Gasteiger partial charge in [0.1, 0.15) is 0 Å². The largest absolute Gasteiger partial charge is 0.289 e. The molecule has 78 valence electrons. The van der Waals surface area contributed by atoms with Gasteiger partial charge in [0.25, 0.3) is 0 Å². The van der Waals surface area contributed by atoms with Crippen molar-refractivity contribution in [2.75, 3.05) is 0 Å². The number of halogens is 1. The van der Waals surface area contributed by atoms with Gasteiger partial charge in [0, 0.05) is 16.7 Å². The van der Waals surface area contributed by atoms with Crippen molar-refractivity contribution in [2.45, 2.75) is 6.92 Å². The minimum atomic E-state index is 0.0470. The molecule has 16 heavy (non-hydrogen) atoms. The van der Waals surface area contributed by atoms with Crippen LogP contribution in [0.3, 0.4) is 0 Å². The third-order valence-corrected chi connectivity index (χ3v) is 3.54. The second kappa shape index (κ2) is 3.19. The van der Waals surface area contributed by atoms with E-state index in [1.807, 2.05) is 36.4 Å². The quantitative estimate of drug-likeness (QED) is 0.666. The van der Waals surface area contributed by atoms with Crippen molar-refractivity contribution in [3.63, 3.8) is 0 Å². The summed E-state index contributed by atoms with van der Waals surface area (Å²) < 4.78 is 0. The van der Waals surface area contributed by atoms with E-state index in [9.17, 15) is 4.79 Å². The van der Waals surface area contributed by atoms with Crippen LogP contribution in [0.15, 0.2) is 42.0 Å². The summed E-state index contributed by atoms with van der Waals surface area (Å²) in [5, 5.41) is 2.76. The Morgan fingerprint density at radius 1 is 1.06 bits per heavy atom. The molecule has 0 amide bonds. The molecule has 2 heteroatoms. The number of fused-ring (bicyclic) bond motifs is 3. The van der Waals surface area contributed by atoms with Gasteiger partial charge in [-0.05, 0) is 23.8 Å². The van der Waals surface area contributed by atoms with E-state index in [4.69, 9.17) is 11.6 Å². The van der Waals surface area contributed by atoms with Crippen LogP contribution < -0.4 is 0 Å². The smallest absolute Gasteiger partial charge is 0.190 e. The highest BCUT2D eigenvalue weighted by atomic mass is 35.5. The maximum absolute atomic E-state index is 11.9. The van der Waals surface area contributed by atoms with E-state index in [0.29, 0.717) is 10.6 Å². The zero-order valence-corrected chi connectivity index (χ0v) is 9.51. The number of ketones is 1. The molecular weight excluding hydrogens is 220 g/mol. The van der Waals surface area contributed by atoms with Gasteiger partial charge in [0.15, 0.2) is 5.78 Å². The molecule has 0 saturated heterocycles. The second-order valence-corrected chi connectivity index (χ2v) is 4.36. The third kappa shape index (κ3) is 1.09. The van der Waals surface area contributed by atoms with Gasteiger partial charge in [-0.2, -0.15) is 0 Å².